The Labute approximate surface area is 165 Å². The first-order chi connectivity index (χ1) is 12.5. The van der Waals surface area contributed by atoms with Crippen LogP contribution in [-0.2, 0) is 9.59 Å². The van der Waals surface area contributed by atoms with Gasteiger partial charge >= 0.3 is 0 Å². The molecular formula is C19H19IN2O4. The van der Waals surface area contributed by atoms with Gasteiger partial charge < -0.3 is 19.7 Å². The Hall–Kier alpha value is -2.29. The van der Waals surface area contributed by atoms with E-state index >= 15 is 0 Å². The second kappa shape index (κ2) is 7.94. The third kappa shape index (κ3) is 3.92. The molecule has 0 saturated carbocycles. The maximum Gasteiger partial charge on any atom is 0.229 e. The summed E-state index contributed by atoms with van der Waals surface area (Å²) < 4.78 is 11.6. The monoisotopic (exact) mass is 466 g/mol. The Morgan fingerprint density at radius 1 is 1.12 bits per heavy atom. The van der Waals surface area contributed by atoms with E-state index in [4.69, 9.17) is 9.47 Å². The summed E-state index contributed by atoms with van der Waals surface area (Å²) in [7, 11) is 3.11. The topological polar surface area (TPSA) is 67.9 Å². The normalized spacial score (nSPS) is 16.5. The van der Waals surface area contributed by atoms with Crippen LogP contribution >= 0.6 is 22.6 Å². The molecule has 0 aliphatic carbocycles. The minimum Gasteiger partial charge on any atom is -0.493 e. The van der Waals surface area contributed by atoms with Gasteiger partial charge in [-0.3, -0.25) is 9.59 Å². The van der Waals surface area contributed by atoms with Crippen molar-refractivity contribution < 1.29 is 19.1 Å². The summed E-state index contributed by atoms with van der Waals surface area (Å²) in [6, 6.07) is 12.8. The number of anilines is 2. The number of carbonyl (C=O) groups is 2. The molecule has 1 saturated heterocycles. The molecule has 136 valence electrons. The maximum absolute atomic E-state index is 12.5. The number of hydrogen-bond donors (Lipinski definition) is 1. The van der Waals surface area contributed by atoms with Crippen LogP contribution in [0.3, 0.4) is 0 Å². The first kappa shape index (κ1) is 18.5. The summed E-state index contributed by atoms with van der Waals surface area (Å²) in [5.41, 5.74) is 1.42. The van der Waals surface area contributed by atoms with Gasteiger partial charge in [0.2, 0.25) is 11.8 Å². The lowest BCUT2D eigenvalue weighted by molar-refractivity contribution is -0.122. The van der Waals surface area contributed by atoms with Crippen molar-refractivity contribution in [3.63, 3.8) is 0 Å². The molecule has 0 bridgehead atoms. The van der Waals surface area contributed by atoms with Crippen LogP contribution < -0.4 is 19.7 Å². The molecular weight excluding hydrogens is 447 g/mol. The van der Waals surface area contributed by atoms with Gasteiger partial charge in [0.05, 0.1) is 20.1 Å². The highest BCUT2D eigenvalue weighted by atomic mass is 127. The molecule has 3 rings (SSSR count). The molecule has 1 N–H and O–H groups in total. The lowest BCUT2D eigenvalue weighted by Crippen LogP contribution is -2.28. The molecule has 6 nitrogen and oxygen atoms in total. The van der Waals surface area contributed by atoms with E-state index in [1.807, 2.05) is 24.3 Å². The minimum absolute atomic E-state index is 0.0834. The van der Waals surface area contributed by atoms with Crippen molar-refractivity contribution in [3.05, 3.63) is 46.0 Å². The molecule has 1 aliphatic heterocycles. The van der Waals surface area contributed by atoms with Crippen molar-refractivity contribution in [2.24, 2.45) is 5.92 Å². The second-order valence-corrected chi connectivity index (χ2v) is 7.19. The van der Waals surface area contributed by atoms with Crippen LogP contribution in [0.1, 0.15) is 6.42 Å². The number of benzene rings is 2. The van der Waals surface area contributed by atoms with Gasteiger partial charge in [0.15, 0.2) is 11.5 Å². The fourth-order valence-electron chi connectivity index (χ4n) is 2.90. The van der Waals surface area contributed by atoms with Crippen LogP contribution in [-0.4, -0.2) is 32.6 Å². The Bertz CT molecular complexity index is 823. The number of hydrogen-bond acceptors (Lipinski definition) is 4. The molecule has 2 amide bonds. The lowest BCUT2D eigenvalue weighted by Gasteiger charge is -2.18. The largest absolute Gasteiger partial charge is 0.493 e. The quantitative estimate of drug-likeness (QED) is 0.687. The number of rotatable bonds is 5. The number of nitrogens with zero attached hydrogens (tertiary/aromatic N) is 1. The van der Waals surface area contributed by atoms with E-state index in [2.05, 4.69) is 27.9 Å². The number of halogens is 1. The van der Waals surface area contributed by atoms with E-state index in [1.54, 1.807) is 37.3 Å². The average molecular weight is 466 g/mol. The average Bonchev–Trinajstić information content (AvgIpc) is 3.05. The molecule has 0 aromatic heterocycles. The van der Waals surface area contributed by atoms with Crippen LogP contribution in [0, 0.1) is 9.49 Å². The summed E-state index contributed by atoms with van der Waals surface area (Å²) >= 11 is 2.21. The van der Waals surface area contributed by atoms with Crippen LogP contribution in [0.4, 0.5) is 11.4 Å². The maximum atomic E-state index is 12.5. The highest BCUT2D eigenvalue weighted by Gasteiger charge is 2.35. The van der Waals surface area contributed by atoms with Gasteiger partial charge in [-0.05, 0) is 59.0 Å². The Morgan fingerprint density at radius 2 is 1.81 bits per heavy atom. The first-order valence-electron chi connectivity index (χ1n) is 8.10. The van der Waals surface area contributed by atoms with Crippen molar-refractivity contribution in [1.29, 1.82) is 0 Å². The van der Waals surface area contributed by atoms with Crippen molar-refractivity contribution >= 4 is 45.8 Å². The van der Waals surface area contributed by atoms with E-state index < -0.39 is 5.92 Å². The lowest BCUT2D eigenvalue weighted by atomic mass is 10.1. The fraction of sp³-hybridized carbons (Fsp3) is 0.263. The number of amides is 2. The predicted octanol–water partition coefficient (Wildman–Crippen LogP) is 3.30. The molecule has 1 atom stereocenters. The molecule has 26 heavy (non-hydrogen) atoms. The van der Waals surface area contributed by atoms with E-state index in [1.165, 1.54) is 0 Å². The molecule has 7 heteroatoms. The number of methoxy groups -OCH3 is 2. The predicted molar refractivity (Wildman–Crippen MR) is 108 cm³/mol. The summed E-state index contributed by atoms with van der Waals surface area (Å²) in [4.78, 5) is 26.5. The number of nitrogens with one attached hydrogen (secondary N) is 1. The van der Waals surface area contributed by atoms with Crippen molar-refractivity contribution in [2.75, 3.05) is 31.0 Å². The van der Waals surface area contributed by atoms with Gasteiger partial charge in [-0.15, -0.1) is 0 Å². The molecule has 1 aliphatic rings. The van der Waals surface area contributed by atoms with Gasteiger partial charge in [-0.1, -0.05) is 0 Å². The van der Waals surface area contributed by atoms with E-state index in [9.17, 15) is 9.59 Å². The van der Waals surface area contributed by atoms with Gasteiger partial charge in [0, 0.05) is 34.0 Å². The highest BCUT2D eigenvalue weighted by molar-refractivity contribution is 14.1. The van der Waals surface area contributed by atoms with Gasteiger partial charge in [0.1, 0.15) is 0 Å². The SMILES string of the molecule is COc1ccc(N2CC(C(=O)Nc3ccc(I)cc3)CC2=O)cc1OC. The molecule has 0 spiro atoms. The van der Waals surface area contributed by atoms with Crippen LogP contribution in [0.15, 0.2) is 42.5 Å². The molecule has 2 aromatic carbocycles. The van der Waals surface area contributed by atoms with E-state index in [0.29, 0.717) is 23.7 Å². The van der Waals surface area contributed by atoms with Crippen LogP contribution in [0.5, 0.6) is 11.5 Å². The Balaban J connectivity index is 1.72. The standard InChI is InChI=1S/C19H19IN2O4/c1-25-16-8-7-15(10-17(16)26-2)22-11-12(9-18(22)23)19(24)21-14-5-3-13(20)4-6-14/h3-8,10,12H,9,11H2,1-2H3,(H,21,24). The Kier molecular flexibility index (Phi) is 5.65. The van der Waals surface area contributed by atoms with Gasteiger partial charge in [-0.2, -0.15) is 0 Å². The molecule has 2 aromatic rings. The summed E-state index contributed by atoms with van der Waals surface area (Å²) in [5.74, 6) is 0.512. The highest BCUT2D eigenvalue weighted by Crippen LogP contribution is 2.34. The number of ether oxygens (including phenoxy) is 2. The van der Waals surface area contributed by atoms with Crippen LogP contribution in [0.25, 0.3) is 0 Å². The van der Waals surface area contributed by atoms with Crippen LogP contribution in [0.2, 0.25) is 0 Å². The summed E-state index contributed by atoms with van der Waals surface area (Å²) in [6.07, 6.45) is 0.185. The third-order valence-corrected chi connectivity index (χ3v) is 5.01. The zero-order valence-electron chi connectivity index (χ0n) is 14.5. The first-order valence-corrected chi connectivity index (χ1v) is 9.18. The molecule has 1 fully saturated rings. The summed E-state index contributed by atoms with van der Waals surface area (Å²) in [6.45, 7) is 0.338. The van der Waals surface area contributed by atoms with E-state index in [0.717, 1.165) is 9.26 Å². The number of carbonyl (C=O) groups excluding carboxylic acids is 2. The van der Waals surface area contributed by atoms with E-state index in [-0.39, 0.29) is 18.2 Å². The fourth-order valence-corrected chi connectivity index (χ4v) is 3.26. The van der Waals surface area contributed by atoms with Crippen molar-refractivity contribution in [2.45, 2.75) is 6.42 Å². The van der Waals surface area contributed by atoms with Crippen molar-refractivity contribution in [1.82, 2.24) is 0 Å². The Morgan fingerprint density at radius 3 is 2.46 bits per heavy atom. The zero-order chi connectivity index (χ0) is 18.7. The minimum atomic E-state index is -0.394. The summed E-state index contributed by atoms with van der Waals surface area (Å²) in [5, 5.41) is 2.88. The third-order valence-electron chi connectivity index (χ3n) is 4.29. The molecule has 1 unspecified atom stereocenters. The second-order valence-electron chi connectivity index (χ2n) is 5.94. The smallest absolute Gasteiger partial charge is 0.229 e. The zero-order valence-corrected chi connectivity index (χ0v) is 16.6. The van der Waals surface area contributed by atoms with Gasteiger partial charge in [-0.25, -0.2) is 0 Å². The molecule has 1 heterocycles. The van der Waals surface area contributed by atoms with Gasteiger partial charge in [0.25, 0.3) is 0 Å². The molecule has 0 radical (unpaired) electrons. The van der Waals surface area contributed by atoms with Crippen molar-refractivity contribution in [3.8, 4) is 11.5 Å².